The van der Waals surface area contributed by atoms with Crippen molar-refractivity contribution in [3.8, 4) is 0 Å². The van der Waals surface area contributed by atoms with Crippen molar-refractivity contribution in [2.24, 2.45) is 0 Å². The zero-order valence-corrected chi connectivity index (χ0v) is 11.6. The molecule has 2 heterocycles. The van der Waals surface area contributed by atoms with Gasteiger partial charge in [-0.05, 0) is 40.2 Å². The Balaban J connectivity index is 1.95. The molecule has 0 fully saturated rings. The number of carboxylic acids is 1. The Morgan fingerprint density at radius 1 is 1.25 bits per heavy atom. The van der Waals surface area contributed by atoms with Crippen LogP contribution in [-0.4, -0.2) is 30.7 Å². The monoisotopic (exact) mass is 333 g/mol. The third-order valence-corrected chi connectivity index (χ3v) is 3.20. The summed E-state index contributed by atoms with van der Waals surface area (Å²) in [7, 11) is 0. The number of hydrogen-bond donors (Lipinski definition) is 2. The molecule has 0 aliphatic heterocycles. The number of carbonyl (C=O) groups is 1. The molecule has 8 heteroatoms. The maximum atomic E-state index is 10.8. The summed E-state index contributed by atoms with van der Waals surface area (Å²) in [4.78, 5) is 19.1. The molecular weight excluding hydrogens is 326 g/mol. The van der Waals surface area contributed by atoms with Crippen molar-refractivity contribution in [1.29, 1.82) is 0 Å². The van der Waals surface area contributed by atoms with Gasteiger partial charge >= 0.3 is 5.97 Å². The quantitative estimate of drug-likeness (QED) is 0.764. The minimum atomic E-state index is -0.960. The fraction of sp³-hybridized carbons (Fsp3) is 0. The third kappa shape index (κ3) is 2.21. The summed E-state index contributed by atoms with van der Waals surface area (Å²) < 4.78 is 2.29. The number of anilines is 2. The van der Waals surface area contributed by atoms with Crippen molar-refractivity contribution in [3.05, 3.63) is 47.0 Å². The highest BCUT2D eigenvalue weighted by Gasteiger charge is 2.09. The van der Waals surface area contributed by atoms with Crippen LogP contribution >= 0.6 is 15.9 Å². The molecule has 3 aromatic rings. The number of fused-ring (bicyclic) bond motifs is 1. The van der Waals surface area contributed by atoms with E-state index in [0.717, 1.165) is 5.69 Å². The predicted octanol–water partition coefficient (Wildman–Crippen LogP) is 2.33. The van der Waals surface area contributed by atoms with Crippen LogP contribution in [0.5, 0.6) is 0 Å². The maximum Gasteiger partial charge on any atom is 0.335 e. The van der Waals surface area contributed by atoms with E-state index in [1.165, 1.54) is 18.5 Å². The van der Waals surface area contributed by atoms with Crippen LogP contribution in [0.2, 0.25) is 0 Å². The molecule has 0 bridgehead atoms. The Kier molecular flexibility index (Phi) is 3.07. The normalized spacial score (nSPS) is 10.7. The molecule has 0 amide bonds. The number of nitrogens with one attached hydrogen (secondary N) is 1. The van der Waals surface area contributed by atoms with Crippen molar-refractivity contribution in [3.63, 3.8) is 0 Å². The van der Waals surface area contributed by atoms with Crippen molar-refractivity contribution in [1.82, 2.24) is 19.6 Å². The van der Waals surface area contributed by atoms with Crippen LogP contribution in [0.15, 0.2) is 41.4 Å². The molecule has 0 aliphatic rings. The van der Waals surface area contributed by atoms with Crippen LogP contribution in [0.1, 0.15) is 10.4 Å². The summed E-state index contributed by atoms with van der Waals surface area (Å²) in [6.45, 7) is 0. The highest BCUT2D eigenvalue weighted by molar-refractivity contribution is 9.10. The average molecular weight is 334 g/mol. The van der Waals surface area contributed by atoms with Crippen LogP contribution < -0.4 is 5.32 Å². The Hall–Kier alpha value is -2.48. The van der Waals surface area contributed by atoms with Crippen LogP contribution in [0, 0.1) is 0 Å². The van der Waals surface area contributed by atoms with Crippen molar-refractivity contribution >= 4 is 39.1 Å². The van der Waals surface area contributed by atoms with Gasteiger partial charge in [0.25, 0.3) is 0 Å². The number of hydrogen-bond acceptors (Lipinski definition) is 5. The average Bonchev–Trinajstić information content (AvgIpc) is 2.93. The Morgan fingerprint density at radius 3 is 2.70 bits per heavy atom. The highest BCUT2D eigenvalue weighted by atomic mass is 79.9. The summed E-state index contributed by atoms with van der Waals surface area (Å²) in [6.07, 6.45) is 3.04. The third-order valence-electron chi connectivity index (χ3n) is 2.66. The molecule has 100 valence electrons. The molecule has 0 radical (unpaired) electrons. The number of aromatic carboxylic acids is 1. The van der Waals surface area contributed by atoms with Crippen LogP contribution in [0.3, 0.4) is 0 Å². The van der Waals surface area contributed by atoms with E-state index in [4.69, 9.17) is 5.11 Å². The topological polar surface area (TPSA) is 92.4 Å². The van der Waals surface area contributed by atoms with E-state index in [1.54, 1.807) is 22.8 Å². The SMILES string of the molecule is O=C(O)c1ccc(Nc2ncc(Br)n3ncnc23)cc1. The fourth-order valence-electron chi connectivity index (χ4n) is 1.71. The van der Waals surface area contributed by atoms with Crippen molar-refractivity contribution in [2.75, 3.05) is 5.32 Å². The molecule has 0 unspecified atom stereocenters. The standard InChI is InChI=1S/C12H8BrN5O2/c13-9-5-14-10(11-15-6-16-18(9)11)17-8-3-1-7(2-4-8)12(19)20/h1-6H,(H,14,17)(H,19,20). The van der Waals surface area contributed by atoms with Gasteiger partial charge in [0.05, 0.1) is 11.8 Å². The molecule has 1 aromatic carbocycles. The Morgan fingerprint density at radius 2 is 2.00 bits per heavy atom. The molecule has 7 nitrogen and oxygen atoms in total. The fourth-order valence-corrected chi connectivity index (χ4v) is 2.07. The van der Waals surface area contributed by atoms with E-state index in [0.29, 0.717) is 16.1 Å². The van der Waals surface area contributed by atoms with Crippen LogP contribution in [0.25, 0.3) is 5.65 Å². The van der Waals surface area contributed by atoms with Gasteiger partial charge in [0.2, 0.25) is 0 Å². The lowest BCUT2D eigenvalue weighted by molar-refractivity contribution is 0.0697. The van der Waals surface area contributed by atoms with Gasteiger partial charge < -0.3 is 10.4 Å². The first-order valence-electron chi connectivity index (χ1n) is 5.60. The van der Waals surface area contributed by atoms with E-state index in [1.807, 2.05) is 0 Å². The minimum Gasteiger partial charge on any atom is -0.478 e. The van der Waals surface area contributed by atoms with Crippen molar-refractivity contribution < 1.29 is 9.90 Å². The molecular formula is C12H8BrN5O2. The minimum absolute atomic E-state index is 0.229. The van der Waals surface area contributed by atoms with Gasteiger partial charge in [0, 0.05) is 5.69 Å². The largest absolute Gasteiger partial charge is 0.478 e. The molecule has 20 heavy (non-hydrogen) atoms. The zero-order chi connectivity index (χ0) is 14.1. The number of benzene rings is 1. The molecule has 2 N–H and O–H groups in total. The van der Waals surface area contributed by atoms with Gasteiger partial charge in [-0.2, -0.15) is 5.10 Å². The van der Waals surface area contributed by atoms with Gasteiger partial charge in [-0.3, -0.25) is 0 Å². The second-order valence-electron chi connectivity index (χ2n) is 3.93. The molecule has 2 aromatic heterocycles. The second kappa shape index (κ2) is 4.89. The Bertz CT molecular complexity index is 784. The number of carboxylic acid groups (broad SMARTS) is 1. The first-order valence-corrected chi connectivity index (χ1v) is 6.39. The molecule has 0 aliphatic carbocycles. The lowest BCUT2D eigenvalue weighted by Gasteiger charge is -2.07. The van der Waals surface area contributed by atoms with Gasteiger partial charge in [-0.1, -0.05) is 0 Å². The lowest BCUT2D eigenvalue weighted by atomic mass is 10.2. The first kappa shape index (κ1) is 12.5. The summed E-state index contributed by atoms with van der Waals surface area (Å²) >= 11 is 3.33. The molecule has 0 saturated heterocycles. The summed E-state index contributed by atoms with van der Waals surface area (Å²) in [5.41, 5.74) is 1.52. The van der Waals surface area contributed by atoms with E-state index in [-0.39, 0.29) is 5.56 Å². The molecule has 0 atom stereocenters. The predicted molar refractivity (Wildman–Crippen MR) is 75.2 cm³/mol. The van der Waals surface area contributed by atoms with E-state index >= 15 is 0 Å². The van der Waals surface area contributed by atoms with Gasteiger partial charge in [-0.25, -0.2) is 19.3 Å². The van der Waals surface area contributed by atoms with Gasteiger partial charge in [0.15, 0.2) is 11.5 Å². The van der Waals surface area contributed by atoms with Crippen LogP contribution in [0.4, 0.5) is 11.5 Å². The number of nitrogens with zero attached hydrogens (tertiary/aromatic N) is 4. The van der Waals surface area contributed by atoms with E-state index in [9.17, 15) is 4.79 Å². The first-order chi connectivity index (χ1) is 9.65. The molecule has 0 saturated carbocycles. The Labute approximate surface area is 121 Å². The number of aromatic nitrogens is 4. The summed E-state index contributed by atoms with van der Waals surface area (Å²) in [6, 6.07) is 6.37. The molecule has 0 spiro atoms. The smallest absolute Gasteiger partial charge is 0.335 e. The second-order valence-corrected chi connectivity index (χ2v) is 4.74. The summed E-state index contributed by atoms with van der Waals surface area (Å²) in [5.74, 6) is -0.424. The van der Waals surface area contributed by atoms with Crippen molar-refractivity contribution in [2.45, 2.75) is 0 Å². The summed E-state index contributed by atoms with van der Waals surface area (Å²) in [5, 5.41) is 16.0. The lowest BCUT2D eigenvalue weighted by Crippen LogP contribution is -2.01. The number of rotatable bonds is 3. The highest BCUT2D eigenvalue weighted by Crippen LogP contribution is 2.21. The van der Waals surface area contributed by atoms with Gasteiger partial charge in [0.1, 0.15) is 10.9 Å². The van der Waals surface area contributed by atoms with E-state index in [2.05, 4.69) is 36.3 Å². The van der Waals surface area contributed by atoms with Gasteiger partial charge in [-0.15, -0.1) is 0 Å². The zero-order valence-electron chi connectivity index (χ0n) is 9.99. The number of halogens is 1. The maximum absolute atomic E-state index is 10.8. The van der Waals surface area contributed by atoms with Crippen LogP contribution in [-0.2, 0) is 0 Å². The van der Waals surface area contributed by atoms with E-state index < -0.39 is 5.97 Å². The molecule has 3 rings (SSSR count).